The number of cyclic esters (lactones) is 1. The number of carbonyl (C=O) groups is 1. The molecule has 0 spiro atoms. The van der Waals surface area contributed by atoms with E-state index in [1.807, 2.05) is 53.6 Å². The minimum Gasteiger partial charge on any atom is -0.461 e. The highest BCUT2D eigenvalue weighted by Crippen LogP contribution is 2.72. The zero-order valence-electron chi connectivity index (χ0n) is 55.9. The van der Waals surface area contributed by atoms with E-state index in [2.05, 4.69) is 79.3 Å². The molecule has 7 rings (SSSR count). The highest BCUT2D eigenvalue weighted by Gasteiger charge is 2.56. The predicted octanol–water partition coefficient (Wildman–Crippen LogP) is 10.8. The molecule has 5 fully saturated rings. The van der Waals surface area contributed by atoms with Crippen LogP contribution in [0.15, 0.2) is 48.5 Å². The predicted molar refractivity (Wildman–Crippen MR) is 348 cm³/mol. The molecule has 2 aromatic rings. The molecule has 0 radical (unpaired) electrons. The summed E-state index contributed by atoms with van der Waals surface area (Å²) in [5, 5.41) is 62.4. The molecule has 5 N–H and O–H groups in total. The van der Waals surface area contributed by atoms with Gasteiger partial charge in [-0.15, -0.1) is 0 Å². The topological polar surface area (TPSA) is 183 Å². The zero-order chi connectivity index (χ0) is 62.9. The number of likely N-dealkylation sites (N-methyl/N-ethyl adjacent to an activating group) is 1. The highest BCUT2D eigenvalue weighted by atomic mass is 31.2. The quantitative estimate of drug-likeness (QED) is 0.0479. The van der Waals surface area contributed by atoms with Crippen molar-refractivity contribution in [1.82, 2.24) is 9.80 Å². The van der Waals surface area contributed by atoms with Crippen LogP contribution in [0.2, 0.25) is 0 Å². The maximum absolute atomic E-state index is 15.0. The Kier molecular flexibility index (Phi) is 25.9. The number of anilines is 1. The highest BCUT2D eigenvalue weighted by molar-refractivity contribution is 7.84. The Labute approximate surface area is 520 Å². The number of nitrogens with zero attached hydrogens (tertiary/aromatic N) is 3. The van der Waals surface area contributed by atoms with Crippen LogP contribution in [-0.4, -0.2) is 198 Å². The first-order chi connectivity index (χ1) is 40.8. The van der Waals surface area contributed by atoms with Crippen LogP contribution >= 0.6 is 7.26 Å². The number of benzene rings is 2. The standard InChI is InChI=1S/C70H119N3O12P/c1-16-59-68(8,45-74)63(76)50(6)73(39-29-17-18-30-40-86(52-31-21-19-22-32-52,53-33-23-20-24-34-53)58-38-28-26-36-55(58)54-35-25-27-37-56(54)71(11)12)44-46(2)42-69(9,79)65(85-67-61(75)57(72(13)14)41-47(3)81-67)48(4)62(49(5)66(78)83-59)84-60-43-70(10,80-15)64(77)51(7)82-60/h25-28,35-38,46-53,57,59-65,67,74-77,79H,16-24,29-34,39-45H2,1-15H3/q+1/t46-,47-,48+,49-,50-,51+,57+,59-,60+,61-,62+,63-,64+,65-,67+,68-,69-,70-/m1/s1. The fraction of sp³-hybridized carbons (Fsp3) is 0.814. The number of aliphatic hydroxyl groups excluding tert-OH is 4. The molecule has 3 heterocycles. The Morgan fingerprint density at radius 1 is 0.756 bits per heavy atom. The van der Waals surface area contributed by atoms with Gasteiger partial charge >= 0.3 is 5.97 Å². The lowest BCUT2D eigenvalue weighted by atomic mass is 9.75. The smallest absolute Gasteiger partial charge is 0.311 e. The van der Waals surface area contributed by atoms with E-state index in [-0.39, 0.29) is 30.9 Å². The summed E-state index contributed by atoms with van der Waals surface area (Å²) in [6, 6.07) is 17.8. The molecule has 15 nitrogen and oxygen atoms in total. The van der Waals surface area contributed by atoms with Crippen molar-refractivity contribution in [2.75, 3.05) is 66.1 Å². The number of methoxy groups -OCH3 is 1. The molecule has 2 aliphatic carbocycles. The molecule has 0 unspecified atom stereocenters. The van der Waals surface area contributed by atoms with E-state index in [1.165, 1.54) is 93.6 Å². The van der Waals surface area contributed by atoms with Gasteiger partial charge in [-0.1, -0.05) is 83.4 Å². The number of hydrogen-bond acceptors (Lipinski definition) is 15. The van der Waals surface area contributed by atoms with Gasteiger partial charge < -0.3 is 63.8 Å². The van der Waals surface area contributed by atoms with E-state index in [0.717, 1.165) is 30.6 Å². The maximum Gasteiger partial charge on any atom is 0.311 e. The summed E-state index contributed by atoms with van der Waals surface area (Å²) >= 11 is 0. The Balaban J connectivity index is 1.20. The van der Waals surface area contributed by atoms with Gasteiger partial charge in [0.15, 0.2) is 12.6 Å². The average Bonchev–Trinajstić information content (AvgIpc) is 0.827. The average molecular weight is 1230 g/mol. The third kappa shape index (κ3) is 16.1. The van der Waals surface area contributed by atoms with Crippen LogP contribution in [0, 0.1) is 23.2 Å². The summed E-state index contributed by atoms with van der Waals surface area (Å²) in [4.78, 5) is 21.6. The first kappa shape index (κ1) is 71.1. The fourth-order valence-corrected chi connectivity index (χ4v) is 23.4. The summed E-state index contributed by atoms with van der Waals surface area (Å²) in [6.45, 7) is 19.5. The largest absolute Gasteiger partial charge is 0.461 e. The van der Waals surface area contributed by atoms with Gasteiger partial charge in [0.2, 0.25) is 0 Å². The zero-order valence-corrected chi connectivity index (χ0v) is 56.8. The molecule has 2 saturated carbocycles. The number of rotatable bonds is 20. The summed E-state index contributed by atoms with van der Waals surface area (Å²) in [7, 11) is 8.02. The second kappa shape index (κ2) is 31.3. The Morgan fingerprint density at radius 2 is 1.36 bits per heavy atom. The van der Waals surface area contributed by atoms with Gasteiger partial charge in [0.1, 0.15) is 23.6 Å². The van der Waals surface area contributed by atoms with Crippen molar-refractivity contribution in [2.45, 2.75) is 281 Å². The van der Waals surface area contributed by atoms with Gasteiger partial charge in [-0.3, -0.25) is 9.69 Å². The van der Waals surface area contributed by atoms with Crippen LogP contribution in [-0.2, 0) is 33.2 Å². The van der Waals surface area contributed by atoms with Gasteiger partial charge in [0.05, 0.1) is 84.4 Å². The number of para-hydroxylation sites is 1. The molecule has 16 heteroatoms. The van der Waals surface area contributed by atoms with Crippen LogP contribution in [0.3, 0.4) is 0 Å². The lowest BCUT2D eigenvalue weighted by molar-refractivity contribution is -0.318. The van der Waals surface area contributed by atoms with Gasteiger partial charge in [-0.2, -0.15) is 0 Å². The fourth-order valence-electron chi connectivity index (χ4n) is 16.7. The van der Waals surface area contributed by atoms with Crippen LogP contribution in [0.25, 0.3) is 11.1 Å². The van der Waals surface area contributed by atoms with Gasteiger partial charge in [-0.05, 0) is 170 Å². The number of carbonyl (C=O) groups excluding carboxylic acids is 1. The van der Waals surface area contributed by atoms with Crippen molar-refractivity contribution in [2.24, 2.45) is 23.2 Å². The van der Waals surface area contributed by atoms with E-state index >= 15 is 4.79 Å². The first-order valence-electron chi connectivity index (χ1n) is 33.7. The lowest BCUT2D eigenvalue weighted by Gasteiger charge is -2.48. The Bertz CT molecular complexity index is 2370. The molecule has 86 heavy (non-hydrogen) atoms. The van der Waals surface area contributed by atoms with Crippen molar-refractivity contribution in [3.63, 3.8) is 0 Å². The SMILES string of the molecule is CC[C@H]1OC(=O)[C@H](C)[C@@H](O[C@H]2C[C@@](C)(OC)[C@@H](O)[C@H](C)O2)[C@H](C)[C@@H](O[C@@H]2O[C@H](C)C[C@H](N(C)C)[C@H]2O)[C@](C)(O)C[C@@H](C)CN(CCCCCC[P+](c2ccccc2-c2ccccc2N(C)C)(C2CCCCC2)C2CCCCC2)[C@H](C)[C@@H](O)[C@]1(C)CO. The second-order valence-corrected chi connectivity index (χ2v) is 33.0. The van der Waals surface area contributed by atoms with Crippen LogP contribution in [0.5, 0.6) is 0 Å². The lowest BCUT2D eigenvalue weighted by Crippen LogP contribution is -2.60. The van der Waals surface area contributed by atoms with Crippen molar-refractivity contribution in [3.8, 4) is 11.1 Å². The Morgan fingerprint density at radius 3 is 1.95 bits per heavy atom. The van der Waals surface area contributed by atoms with E-state index in [4.69, 9.17) is 28.4 Å². The number of aliphatic hydroxyl groups is 5. The van der Waals surface area contributed by atoms with Gasteiger partial charge in [0.25, 0.3) is 0 Å². The number of hydrogen-bond donors (Lipinski definition) is 5. The molecule has 0 aromatic heterocycles. The van der Waals surface area contributed by atoms with Crippen molar-refractivity contribution in [1.29, 1.82) is 0 Å². The van der Waals surface area contributed by atoms with Crippen molar-refractivity contribution < 1.29 is 58.7 Å². The first-order valence-corrected chi connectivity index (χ1v) is 35.8. The number of unbranched alkanes of at least 4 members (excludes halogenated alkanes) is 3. The van der Waals surface area contributed by atoms with Crippen LogP contribution < -0.4 is 10.2 Å². The van der Waals surface area contributed by atoms with E-state index in [0.29, 0.717) is 25.9 Å². The molecule has 490 valence electrons. The molecular weight excluding hydrogens is 1110 g/mol. The molecule has 5 aliphatic rings. The minimum absolute atomic E-state index is 0.135. The maximum atomic E-state index is 15.0. The third-order valence-corrected chi connectivity index (χ3v) is 27.7. The van der Waals surface area contributed by atoms with Gasteiger partial charge in [0, 0.05) is 69.0 Å². The van der Waals surface area contributed by atoms with E-state index < -0.39 is 110 Å². The second-order valence-electron chi connectivity index (χ2n) is 28.7. The molecular formula is C70H119N3O12P+. The molecule has 18 atom stereocenters. The molecule has 3 aliphatic heterocycles. The minimum atomic E-state index is -1.71. The van der Waals surface area contributed by atoms with Crippen molar-refractivity contribution >= 4 is 24.2 Å². The Hall–Kier alpha value is -2.34. The molecule has 0 amide bonds. The monoisotopic (exact) mass is 1220 g/mol. The normalized spacial score (nSPS) is 37.4. The van der Waals surface area contributed by atoms with Crippen molar-refractivity contribution in [3.05, 3.63) is 48.5 Å². The molecule has 2 aromatic carbocycles. The van der Waals surface area contributed by atoms with E-state index in [1.54, 1.807) is 40.1 Å². The number of esters is 1. The summed E-state index contributed by atoms with van der Waals surface area (Å²) in [5.41, 5.74) is 1.64. The van der Waals surface area contributed by atoms with Crippen LogP contribution in [0.1, 0.15) is 185 Å². The van der Waals surface area contributed by atoms with E-state index in [9.17, 15) is 25.5 Å². The summed E-state index contributed by atoms with van der Waals surface area (Å²) in [5.74, 6) is -2.54. The summed E-state index contributed by atoms with van der Waals surface area (Å²) in [6.07, 6.45) is 10.9. The van der Waals surface area contributed by atoms with Crippen LogP contribution in [0.4, 0.5) is 5.69 Å². The number of ether oxygens (including phenoxy) is 6. The van der Waals surface area contributed by atoms with Gasteiger partial charge in [-0.25, -0.2) is 0 Å². The molecule has 0 bridgehead atoms. The molecule has 3 saturated heterocycles. The third-order valence-electron chi connectivity index (χ3n) is 21.7. The summed E-state index contributed by atoms with van der Waals surface area (Å²) < 4.78 is 39.1.